The summed E-state index contributed by atoms with van der Waals surface area (Å²) >= 11 is 6.27. The molecular weight excluding hydrogens is 368 g/mol. The van der Waals surface area contributed by atoms with Gasteiger partial charge in [-0.25, -0.2) is 9.50 Å². The van der Waals surface area contributed by atoms with Crippen LogP contribution in [0.15, 0.2) is 60.3 Å². The van der Waals surface area contributed by atoms with Gasteiger partial charge in [-0.1, -0.05) is 29.8 Å². The van der Waals surface area contributed by atoms with Crippen LogP contribution in [0.3, 0.4) is 0 Å². The van der Waals surface area contributed by atoms with Gasteiger partial charge in [-0.2, -0.15) is 5.10 Å². The lowest BCUT2D eigenvalue weighted by Crippen LogP contribution is -2.41. The SMILES string of the molecule is Cc1nc2ccc(-c3ccccc3Cl)nn2c1C(=O)NC1=CC=C(O)NN1. The van der Waals surface area contributed by atoms with Crippen LogP contribution in [0.25, 0.3) is 16.9 Å². The summed E-state index contributed by atoms with van der Waals surface area (Å²) in [5, 5.41) is 17.1. The van der Waals surface area contributed by atoms with Crippen LogP contribution in [0.1, 0.15) is 16.2 Å². The molecule has 1 aliphatic rings. The number of aliphatic hydroxyl groups excluding tert-OH is 1. The second kappa shape index (κ2) is 6.65. The summed E-state index contributed by atoms with van der Waals surface area (Å²) in [5.41, 5.74) is 7.96. The number of amides is 1. The summed E-state index contributed by atoms with van der Waals surface area (Å²) < 4.78 is 1.49. The Hall–Kier alpha value is -3.52. The lowest BCUT2D eigenvalue weighted by atomic mass is 10.1. The van der Waals surface area contributed by atoms with E-state index in [1.54, 1.807) is 19.1 Å². The Morgan fingerprint density at radius 1 is 1.19 bits per heavy atom. The van der Waals surface area contributed by atoms with Crippen LogP contribution >= 0.6 is 11.6 Å². The van der Waals surface area contributed by atoms with Crippen LogP contribution in [0.2, 0.25) is 5.02 Å². The summed E-state index contributed by atoms with van der Waals surface area (Å²) in [5.74, 6) is -0.0569. The highest BCUT2D eigenvalue weighted by Crippen LogP contribution is 2.26. The summed E-state index contributed by atoms with van der Waals surface area (Å²) in [4.78, 5) is 17.2. The van der Waals surface area contributed by atoms with Gasteiger partial charge in [-0.05, 0) is 31.2 Å². The highest BCUT2D eigenvalue weighted by molar-refractivity contribution is 6.33. The van der Waals surface area contributed by atoms with Gasteiger partial charge in [-0.15, -0.1) is 0 Å². The quantitative estimate of drug-likeness (QED) is 0.554. The fourth-order valence-corrected chi connectivity index (χ4v) is 2.98. The normalized spacial score (nSPS) is 13.4. The van der Waals surface area contributed by atoms with Crippen molar-refractivity contribution in [2.45, 2.75) is 6.92 Å². The van der Waals surface area contributed by atoms with E-state index in [2.05, 4.69) is 26.3 Å². The predicted molar refractivity (Wildman–Crippen MR) is 101 cm³/mol. The number of aliphatic hydroxyl groups is 1. The topological polar surface area (TPSA) is 104 Å². The van der Waals surface area contributed by atoms with E-state index in [9.17, 15) is 9.90 Å². The molecule has 0 aliphatic carbocycles. The standard InChI is InChI=1S/C18H15ClN6O2/c1-10-17(18(27)21-14-7-9-16(26)23-22-14)25-15(20-10)8-6-13(24-25)11-4-2-3-5-12(11)19/h2-9,22-23,26H,1H3,(H,21,27). The molecule has 9 heteroatoms. The highest BCUT2D eigenvalue weighted by Gasteiger charge is 2.20. The first-order valence-electron chi connectivity index (χ1n) is 8.08. The minimum absolute atomic E-state index is 0.0509. The molecule has 3 heterocycles. The zero-order chi connectivity index (χ0) is 19.0. The number of hydrogen-bond donors (Lipinski definition) is 4. The van der Waals surface area contributed by atoms with Gasteiger partial charge < -0.3 is 10.4 Å². The maximum atomic E-state index is 12.8. The number of carbonyl (C=O) groups is 1. The number of nitrogens with zero attached hydrogens (tertiary/aromatic N) is 3. The number of carbonyl (C=O) groups excluding carboxylic acids is 1. The Morgan fingerprint density at radius 2 is 2.00 bits per heavy atom. The fraction of sp³-hybridized carbons (Fsp3) is 0.0556. The average molecular weight is 383 g/mol. The summed E-state index contributed by atoms with van der Waals surface area (Å²) in [6.45, 7) is 1.74. The van der Waals surface area contributed by atoms with Gasteiger partial charge in [-0.3, -0.25) is 15.6 Å². The molecule has 1 amide bonds. The second-order valence-corrected chi connectivity index (χ2v) is 6.26. The van der Waals surface area contributed by atoms with E-state index in [1.165, 1.54) is 16.7 Å². The Kier molecular flexibility index (Phi) is 4.17. The van der Waals surface area contributed by atoms with Crippen molar-refractivity contribution in [1.29, 1.82) is 0 Å². The zero-order valence-corrected chi connectivity index (χ0v) is 14.9. The van der Waals surface area contributed by atoms with Crippen LogP contribution in [-0.4, -0.2) is 25.6 Å². The highest BCUT2D eigenvalue weighted by atomic mass is 35.5. The Labute approximate surface area is 159 Å². The third-order valence-corrected chi connectivity index (χ3v) is 4.33. The van der Waals surface area contributed by atoms with Gasteiger partial charge in [0.05, 0.1) is 16.4 Å². The second-order valence-electron chi connectivity index (χ2n) is 5.85. The van der Waals surface area contributed by atoms with Crippen LogP contribution < -0.4 is 16.2 Å². The lowest BCUT2D eigenvalue weighted by Gasteiger charge is -2.16. The Morgan fingerprint density at radius 3 is 2.74 bits per heavy atom. The summed E-state index contributed by atoms with van der Waals surface area (Å²) in [7, 11) is 0. The molecule has 0 fully saturated rings. The number of hydrogen-bond acceptors (Lipinski definition) is 6. The molecule has 0 saturated heterocycles. The van der Waals surface area contributed by atoms with Crippen molar-refractivity contribution in [3.05, 3.63) is 76.7 Å². The summed E-state index contributed by atoms with van der Waals surface area (Å²) in [6, 6.07) is 11.0. The minimum Gasteiger partial charge on any atom is -0.494 e. The molecule has 4 rings (SSSR count). The molecule has 2 aromatic heterocycles. The first-order valence-corrected chi connectivity index (χ1v) is 8.46. The van der Waals surface area contributed by atoms with E-state index >= 15 is 0 Å². The van der Waals surface area contributed by atoms with E-state index < -0.39 is 0 Å². The third kappa shape index (κ3) is 3.18. The number of aromatic nitrogens is 3. The van der Waals surface area contributed by atoms with Crippen molar-refractivity contribution in [3.8, 4) is 11.3 Å². The first kappa shape index (κ1) is 16.9. The number of hydrazine groups is 1. The van der Waals surface area contributed by atoms with Gasteiger partial charge in [0, 0.05) is 11.6 Å². The van der Waals surface area contributed by atoms with Crippen molar-refractivity contribution < 1.29 is 9.90 Å². The molecule has 3 aromatic rings. The van der Waals surface area contributed by atoms with Crippen LogP contribution in [-0.2, 0) is 0 Å². The van der Waals surface area contributed by atoms with Gasteiger partial charge in [0.25, 0.3) is 5.91 Å². The molecule has 4 N–H and O–H groups in total. The monoisotopic (exact) mass is 382 g/mol. The van der Waals surface area contributed by atoms with Crippen molar-refractivity contribution >= 4 is 23.2 Å². The molecule has 0 radical (unpaired) electrons. The average Bonchev–Trinajstić information content (AvgIpc) is 2.99. The van der Waals surface area contributed by atoms with Crippen molar-refractivity contribution in [3.63, 3.8) is 0 Å². The number of fused-ring (bicyclic) bond motifs is 1. The summed E-state index contributed by atoms with van der Waals surface area (Å²) in [6.07, 6.45) is 2.95. The number of halogens is 1. The van der Waals surface area contributed by atoms with E-state index in [1.807, 2.05) is 24.3 Å². The van der Waals surface area contributed by atoms with E-state index in [0.717, 1.165) is 5.56 Å². The Balaban J connectivity index is 1.74. The van der Waals surface area contributed by atoms with Crippen LogP contribution in [0.4, 0.5) is 0 Å². The minimum atomic E-state index is -0.390. The number of benzene rings is 1. The first-order chi connectivity index (χ1) is 13.0. The number of allylic oxidation sites excluding steroid dienone is 2. The molecular formula is C18H15ClN6O2. The van der Waals surface area contributed by atoms with Crippen molar-refractivity contribution in [2.24, 2.45) is 0 Å². The fourth-order valence-electron chi connectivity index (χ4n) is 2.75. The van der Waals surface area contributed by atoms with E-state index in [0.29, 0.717) is 33.6 Å². The number of rotatable bonds is 3. The molecule has 136 valence electrons. The zero-order valence-electron chi connectivity index (χ0n) is 14.2. The third-order valence-electron chi connectivity index (χ3n) is 4.00. The van der Waals surface area contributed by atoms with E-state index in [4.69, 9.17) is 11.6 Å². The largest absolute Gasteiger partial charge is 0.494 e. The maximum absolute atomic E-state index is 12.8. The molecule has 0 unspecified atom stereocenters. The Bertz CT molecular complexity index is 1120. The molecule has 1 aromatic carbocycles. The molecule has 0 saturated carbocycles. The number of imidazole rings is 1. The van der Waals surface area contributed by atoms with E-state index in [-0.39, 0.29) is 11.8 Å². The van der Waals surface area contributed by atoms with Crippen LogP contribution in [0, 0.1) is 6.92 Å². The van der Waals surface area contributed by atoms with Gasteiger partial charge in [0.15, 0.2) is 11.3 Å². The molecule has 0 spiro atoms. The lowest BCUT2D eigenvalue weighted by molar-refractivity contribution is 0.0953. The molecule has 0 atom stereocenters. The predicted octanol–water partition coefficient (Wildman–Crippen LogP) is 2.44. The van der Waals surface area contributed by atoms with Crippen molar-refractivity contribution in [1.82, 2.24) is 30.8 Å². The molecule has 0 bridgehead atoms. The molecule has 8 nitrogen and oxygen atoms in total. The van der Waals surface area contributed by atoms with Crippen molar-refractivity contribution in [2.75, 3.05) is 0 Å². The number of nitrogens with one attached hydrogen (secondary N) is 3. The smallest absolute Gasteiger partial charge is 0.277 e. The molecule has 27 heavy (non-hydrogen) atoms. The van der Waals surface area contributed by atoms with Gasteiger partial charge >= 0.3 is 0 Å². The van der Waals surface area contributed by atoms with Gasteiger partial charge in [0.2, 0.25) is 5.88 Å². The van der Waals surface area contributed by atoms with Gasteiger partial charge in [0.1, 0.15) is 5.82 Å². The van der Waals surface area contributed by atoms with Crippen LogP contribution in [0.5, 0.6) is 0 Å². The molecule has 1 aliphatic heterocycles. The number of aryl methyl sites for hydroxylation is 1. The maximum Gasteiger partial charge on any atom is 0.277 e.